The quantitative estimate of drug-likeness (QED) is 0.326. The Hall–Kier alpha value is -4.14. The maximum absolute atomic E-state index is 12.7. The number of carbonyl (C=O) groups excluding carboxylic acids is 3. The van der Waals surface area contributed by atoms with Crippen LogP contribution in [0.3, 0.4) is 0 Å². The minimum Gasteiger partial charge on any atom is -0.465 e. The molecule has 0 aliphatic carbocycles. The molecule has 1 heterocycles. The van der Waals surface area contributed by atoms with Crippen LogP contribution in [0.25, 0.3) is 0 Å². The lowest BCUT2D eigenvalue weighted by Gasteiger charge is -2.23. The van der Waals surface area contributed by atoms with Gasteiger partial charge in [-0.05, 0) is 50.2 Å². The molecule has 2 amide bonds. The van der Waals surface area contributed by atoms with Crippen molar-refractivity contribution in [2.24, 2.45) is 5.41 Å². The molecular weight excluding hydrogens is 443 g/mol. The van der Waals surface area contributed by atoms with E-state index in [0.29, 0.717) is 0 Å². The Labute approximate surface area is 186 Å². The molecule has 0 fully saturated rings. The number of benzene rings is 1. The first kappa shape index (κ1) is 25.1. The van der Waals surface area contributed by atoms with Crippen molar-refractivity contribution in [3.8, 4) is 6.07 Å². The van der Waals surface area contributed by atoms with E-state index in [4.69, 9.17) is 10.00 Å². The summed E-state index contributed by atoms with van der Waals surface area (Å²) in [5.74, 6) is -2.70. The molecule has 0 bridgehead atoms. The number of anilines is 2. The predicted octanol–water partition coefficient (Wildman–Crippen LogP) is 3.09. The lowest BCUT2D eigenvalue weighted by atomic mass is 9.86. The van der Waals surface area contributed by atoms with Crippen molar-refractivity contribution >= 4 is 29.3 Å². The molecule has 2 aromatic rings. The second-order valence-electron chi connectivity index (χ2n) is 6.90. The van der Waals surface area contributed by atoms with Gasteiger partial charge in [0.25, 0.3) is 11.8 Å². The minimum absolute atomic E-state index is 0.00580. The number of ether oxygens (including phenoxy) is 1. The third-order valence-corrected chi connectivity index (χ3v) is 4.48. The molecule has 12 heteroatoms. The average Bonchev–Trinajstić information content (AvgIpc) is 2.77. The van der Waals surface area contributed by atoms with Crippen molar-refractivity contribution in [3.05, 3.63) is 53.7 Å². The number of amides is 2. The zero-order valence-corrected chi connectivity index (χ0v) is 17.6. The zero-order chi connectivity index (χ0) is 24.6. The molecule has 1 atom stereocenters. The molecule has 0 aliphatic heterocycles. The van der Waals surface area contributed by atoms with Crippen LogP contribution < -0.4 is 16.2 Å². The predicted molar refractivity (Wildman–Crippen MR) is 110 cm³/mol. The van der Waals surface area contributed by atoms with E-state index in [1.54, 1.807) is 6.07 Å². The van der Waals surface area contributed by atoms with E-state index in [0.717, 1.165) is 12.1 Å². The Morgan fingerprint density at radius 2 is 1.79 bits per heavy atom. The first-order chi connectivity index (χ1) is 15.5. The van der Waals surface area contributed by atoms with Gasteiger partial charge in [0.1, 0.15) is 5.82 Å². The third-order valence-electron chi connectivity index (χ3n) is 4.48. The first-order valence-electron chi connectivity index (χ1n) is 9.57. The fraction of sp³-hybridized carbons (Fsp3) is 0.286. The highest BCUT2D eigenvalue weighted by atomic mass is 19.4. The number of halogens is 3. The molecular formula is C21H20F3N5O4. The zero-order valence-electron chi connectivity index (χ0n) is 17.6. The molecule has 0 aliphatic rings. The number of aromatic nitrogens is 1. The van der Waals surface area contributed by atoms with Gasteiger partial charge in [-0.15, -0.1) is 0 Å². The Bertz CT molecular complexity index is 1070. The molecule has 3 N–H and O–H groups in total. The SMILES string of the molecule is CCOC(=O)C(C)(CC#N)C(=O)NNC(=O)c1cccnc1Nc1ccc(C(F)(F)F)cc1. The highest BCUT2D eigenvalue weighted by Gasteiger charge is 2.43. The Morgan fingerprint density at radius 1 is 1.12 bits per heavy atom. The van der Waals surface area contributed by atoms with E-state index in [9.17, 15) is 27.6 Å². The number of carbonyl (C=O) groups is 3. The number of rotatable bonds is 7. The van der Waals surface area contributed by atoms with E-state index < -0.39 is 41.4 Å². The van der Waals surface area contributed by atoms with Crippen molar-refractivity contribution in [2.75, 3.05) is 11.9 Å². The van der Waals surface area contributed by atoms with Gasteiger partial charge in [0.15, 0.2) is 5.41 Å². The van der Waals surface area contributed by atoms with Gasteiger partial charge in [-0.1, -0.05) is 0 Å². The second-order valence-corrected chi connectivity index (χ2v) is 6.90. The van der Waals surface area contributed by atoms with E-state index in [2.05, 4.69) is 21.2 Å². The Kier molecular flexibility index (Phi) is 7.95. The smallest absolute Gasteiger partial charge is 0.416 e. The first-order valence-corrected chi connectivity index (χ1v) is 9.57. The highest BCUT2D eigenvalue weighted by molar-refractivity contribution is 6.05. The normalized spacial score (nSPS) is 12.6. The van der Waals surface area contributed by atoms with Crippen LogP contribution in [0.2, 0.25) is 0 Å². The third kappa shape index (κ3) is 6.19. The second kappa shape index (κ2) is 10.4. The van der Waals surface area contributed by atoms with Gasteiger partial charge < -0.3 is 10.1 Å². The van der Waals surface area contributed by atoms with E-state index >= 15 is 0 Å². The number of pyridine rings is 1. The van der Waals surface area contributed by atoms with Crippen LogP contribution in [0, 0.1) is 16.7 Å². The summed E-state index contributed by atoms with van der Waals surface area (Å²) in [5.41, 5.74) is 1.73. The standard InChI is InChI=1S/C21H20F3N5O4/c1-3-33-19(32)20(2,10-11-25)18(31)29-28-17(30)15-5-4-12-26-16(15)27-14-8-6-13(7-9-14)21(22,23)24/h4-9,12H,3,10H2,1-2H3,(H,26,27)(H,28,30)(H,29,31). The molecule has 0 saturated heterocycles. The van der Waals surface area contributed by atoms with Crippen molar-refractivity contribution in [2.45, 2.75) is 26.4 Å². The maximum Gasteiger partial charge on any atom is 0.416 e. The van der Waals surface area contributed by atoms with Gasteiger partial charge >= 0.3 is 12.1 Å². The molecule has 0 spiro atoms. The average molecular weight is 463 g/mol. The topological polar surface area (TPSA) is 133 Å². The van der Waals surface area contributed by atoms with Gasteiger partial charge in [-0.25, -0.2) is 4.98 Å². The van der Waals surface area contributed by atoms with Crippen molar-refractivity contribution in [1.29, 1.82) is 5.26 Å². The summed E-state index contributed by atoms with van der Waals surface area (Å²) < 4.78 is 43.0. The number of nitrogens with zero attached hydrogens (tertiary/aromatic N) is 2. The summed E-state index contributed by atoms with van der Waals surface area (Å²) in [6, 6.07) is 8.62. The number of nitrogens with one attached hydrogen (secondary N) is 3. The summed E-state index contributed by atoms with van der Waals surface area (Å²) >= 11 is 0. The van der Waals surface area contributed by atoms with Crippen LogP contribution in [0.1, 0.15) is 36.2 Å². The molecule has 33 heavy (non-hydrogen) atoms. The Morgan fingerprint density at radius 3 is 2.36 bits per heavy atom. The monoisotopic (exact) mass is 463 g/mol. The molecule has 174 valence electrons. The molecule has 0 saturated carbocycles. The number of alkyl halides is 3. The number of nitriles is 1. The molecule has 9 nitrogen and oxygen atoms in total. The van der Waals surface area contributed by atoms with Crippen LogP contribution in [-0.4, -0.2) is 29.4 Å². The van der Waals surface area contributed by atoms with Gasteiger partial charge in [0, 0.05) is 11.9 Å². The van der Waals surface area contributed by atoms with E-state index in [1.165, 1.54) is 44.3 Å². The lowest BCUT2D eigenvalue weighted by Crippen LogP contribution is -2.51. The number of hydrogen-bond acceptors (Lipinski definition) is 7. The van der Waals surface area contributed by atoms with Crippen LogP contribution in [-0.2, 0) is 20.5 Å². The number of hydrazine groups is 1. The van der Waals surface area contributed by atoms with Crippen molar-refractivity contribution in [1.82, 2.24) is 15.8 Å². The van der Waals surface area contributed by atoms with E-state index in [1.807, 2.05) is 0 Å². The summed E-state index contributed by atoms with van der Waals surface area (Å²) in [7, 11) is 0. The van der Waals surface area contributed by atoms with Gasteiger partial charge in [-0.2, -0.15) is 18.4 Å². The fourth-order valence-corrected chi connectivity index (χ4v) is 2.58. The summed E-state index contributed by atoms with van der Waals surface area (Å²) in [4.78, 5) is 41.2. The van der Waals surface area contributed by atoms with Crippen molar-refractivity contribution in [3.63, 3.8) is 0 Å². The molecule has 1 aromatic carbocycles. The largest absolute Gasteiger partial charge is 0.465 e. The van der Waals surface area contributed by atoms with Crippen LogP contribution in [0.4, 0.5) is 24.7 Å². The van der Waals surface area contributed by atoms with Crippen LogP contribution >= 0.6 is 0 Å². The number of esters is 1. The van der Waals surface area contributed by atoms with Crippen LogP contribution in [0.5, 0.6) is 0 Å². The fourth-order valence-electron chi connectivity index (χ4n) is 2.58. The molecule has 1 aromatic heterocycles. The maximum atomic E-state index is 12.7. The highest BCUT2D eigenvalue weighted by Crippen LogP contribution is 2.30. The van der Waals surface area contributed by atoms with Gasteiger partial charge in [0.2, 0.25) is 0 Å². The summed E-state index contributed by atoms with van der Waals surface area (Å²) in [6.07, 6.45) is -3.62. The lowest BCUT2D eigenvalue weighted by molar-refractivity contribution is -0.159. The molecule has 0 radical (unpaired) electrons. The molecule has 2 rings (SSSR count). The summed E-state index contributed by atoms with van der Waals surface area (Å²) in [5, 5.41) is 11.7. The van der Waals surface area contributed by atoms with E-state index in [-0.39, 0.29) is 23.7 Å². The van der Waals surface area contributed by atoms with Crippen molar-refractivity contribution < 1.29 is 32.3 Å². The van der Waals surface area contributed by atoms with Gasteiger partial charge in [-0.3, -0.25) is 25.2 Å². The summed E-state index contributed by atoms with van der Waals surface area (Å²) in [6.45, 7) is 2.74. The Balaban J connectivity index is 2.14. The van der Waals surface area contributed by atoms with Crippen LogP contribution in [0.15, 0.2) is 42.6 Å². The minimum atomic E-state index is -4.49. The molecule has 1 unspecified atom stereocenters. The van der Waals surface area contributed by atoms with Gasteiger partial charge in [0.05, 0.1) is 30.2 Å². The number of hydrogen-bond donors (Lipinski definition) is 3.